The van der Waals surface area contributed by atoms with Crippen molar-refractivity contribution in [1.82, 2.24) is 4.98 Å². The third-order valence-electron chi connectivity index (χ3n) is 3.88. The lowest BCUT2D eigenvalue weighted by atomic mass is 10.1. The number of carbonyl (C=O) groups is 1. The minimum Gasteiger partial charge on any atom is -0.481 e. The van der Waals surface area contributed by atoms with Crippen molar-refractivity contribution in [2.24, 2.45) is 0 Å². The molecular weight excluding hydrogens is 272 g/mol. The maximum absolute atomic E-state index is 11.2. The lowest BCUT2D eigenvalue weighted by molar-refractivity contribution is -0.138. The van der Waals surface area contributed by atoms with Gasteiger partial charge in [0, 0.05) is 17.5 Å². The lowest BCUT2D eigenvalue weighted by Crippen LogP contribution is -2.31. The molecule has 1 aromatic rings. The largest absolute Gasteiger partial charge is 0.481 e. The maximum Gasteiger partial charge on any atom is 0.312 e. The summed E-state index contributed by atoms with van der Waals surface area (Å²) in [5, 5.41) is 10.2. The number of hydrogen-bond donors (Lipinski definition) is 1. The maximum atomic E-state index is 11.2. The smallest absolute Gasteiger partial charge is 0.312 e. The molecule has 1 aliphatic rings. The van der Waals surface area contributed by atoms with Gasteiger partial charge in [0.25, 0.3) is 0 Å². The van der Waals surface area contributed by atoms with Crippen LogP contribution in [-0.2, 0) is 11.2 Å². The Morgan fingerprint density at radius 2 is 2.25 bits per heavy atom. The van der Waals surface area contributed by atoms with Crippen molar-refractivity contribution in [2.75, 3.05) is 11.4 Å². The fourth-order valence-corrected chi connectivity index (χ4v) is 3.98. The first kappa shape index (κ1) is 15.3. The quantitative estimate of drug-likeness (QED) is 0.780. The van der Waals surface area contributed by atoms with Crippen LogP contribution in [0.25, 0.3) is 0 Å². The van der Waals surface area contributed by atoms with E-state index in [2.05, 4.69) is 30.7 Å². The Morgan fingerprint density at radius 1 is 1.50 bits per heavy atom. The number of unbranched alkanes of at least 4 members (excludes halogenated alkanes) is 2. The molecule has 112 valence electrons. The van der Waals surface area contributed by atoms with Gasteiger partial charge in [0.2, 0.25) is 0 Å². The first-order valence-electron chi connectivity index (χ1n) is 7.53. The van der Waals surface area contributed by atoms with E-state index in [1.165, 1.54) is 24.1 Å². The molecule has 4 nitrogen and oxygen atoms in total. The molecule has 0 fully saturated rings. The van der Waals surface area contributed by atoms with Crippen LogP contribution in [0.2, 0.25) is 0 Å². The minimum absolute atomic E-state index is 0.389. The van der Waals surface area contributed by atoms with Gasteiger partial charge in [0.05, 0.1) is 5.69 Å². The summed E-state index contributed by atoms with van der Waals surface area (Å²) in [5.41, 5.74) is 0.818. The zero-order valence-electron chi connectivity index (χ0n) is 12.6. The highest BCUT2D eigenvalue weighted by Crippen LogP contribution is 2.40. The third kappa shape index (κ3) is 3.14. The van der Waals surface area contributed by atoms with Crippen molar-refractivity contribution < 1.29 is 9.90 Å². The number of hydrogen-bond acceptors (Lipinski definition) is 4. The van der Waals surface area contributed by atoms with Crippen molar-refractivity contribution in [3.63, 3.8) is 0 Å². The molecule has 0 saturated heterocycles. The van der Waals surface area contributed by atoms with Gasteiger partial charge in [-0.05, 0) is 33.1 Å². The molecule has 0 saturated carbocycles. The number of anilines is 1. The summed E-state index contributed by atoms with van der Waals surface area (Å²) in [4.78, 5) is 19.4. The number of rotatable bonds is 7. The number of thiazole rings is 1. The van der Waals surface area contributed by atoms with Crippen LogP contribution in [0, 0.1) is 0 Å². The highest BCUT2D eigenvalue weighted by molar-refractivity contribution is 7.15. The van der Waals surface area contributed by atoms with Crippen molar-refractivity contribution in [2.45, 2.75) is 64.8 Å². The molecule has 0 amide bonds. The fourth-order valence-electron chi connectivity index (χ4n) is 2.68. The third-order valence-corrected chi connectivity index (χ3v) is 5.04. The number of aryl methyl sites for hydroxylation is 1. The summed E-state index contributed by atoms with van der Waals surface area (Å²) in [6.45, 7) is 7.56. The molecule has 20 heavy (non-hydrogen) atoms. The molecule has 0 spiro atoms. The van der Waals surface area contributed by atoms with Crippen LogP contribution in [0.3, 0.4) is 0 Å². The van der Waals surface area contributed by atoms with Crippen LogP contribution in [0.15, 0.2) is 0 Å². The van der Waals surface area contributed by atoms with Crippen molar-refractivity contribution >= 4 is 22.4 Å². The van der Waals surface area contributed by atoms with Gasteiger partial charge in [-0.3, -0.25) is 4.79 Å². The number of aromatic nitrogens is 1. The highest BCUT2D eigenvalue weighted by Gasteiger charge is 2.33. The summed E-state index contributed by atoms with van der Waals surface area (Å²) in [7, 11) is 0. The Labute approximate surface area is 124 Å². The first-order chi connectivity index (χ1) is 9.54. The van der Waals surface area contributed by atoms with Gasteiger partial charge in [0.15, 0.2) is 5.13 Å². The molecular formula is C15H24N2O2S. The van der Waals surface area contributed by atoms with Gasteiger partial charge in [-0.1, -0.05) is 19.8 Å². The normalized spacial score (nSPS) is 17.5. The zero-order chi connectivity index (χ0) is 14.7. The molecule has 2 rings (SSSR count). The second kappa shape index (κ2) is 6.57. The Bertz CT molecular complexity index is 470. The van der Waals surface area contributed by atoms with E-state index in [1.54, 1.807) is 11.3 Å². The average molecular weight is 296 g/mol. The Morgan fingerprint density at radius 3 is 2.85 bits per heavy atom. The van der Waals surface area contributed by atoms with Crippen LogP contribution in [0.5, 0.6) is 0 Å². The molecule has 1 heterocycles. The highest BCUT2D eigenvalue weighted by atomic mass is 32.1. The summed E-state index contributed by atoms with van der Waals surface area (Å²) < 4.78 is 0. The minimum atomic E-state index is -0.734. The van der Waals surface area contributed by atoms with Crippen molar-refractivity contribution in [1.29, 1.82) is 0 Å². The summed E-state index contributed by atoms with van der Waals surface area (Å²) in [6, 6.07) is 0.404. The van der Waals surface area contributed by atoms with E-state index in [0.29, 0.717) is 12.5 Å². The van der Waals surface area contributed by atoms with Crippen LogP contribution in [0.4, 0.5) is 5.13 Å². The number of fused-ring (bicyclic) bond motifs is 1. The number of nitrogens with zero attached hydrogens (tertiary/aromatic N) is 2. The SMILES string of the molecule is CCCCCN(c1nc2c(s1)CCC2C(=O)O)C(C)C. The molecule has 0 aromatic carbocycles. The average Bonchev–Trinajstić information content (AvgIpc) is 2.93. The summed E-state index contributed by atoms with van der Waals surface area (Å²) in [5.74, 6) is -1.12. The Kier molecular flexibility index (Phi) is 5.02. The molecule has 1 aromatic heterocycles. The van der Waals surface area contributed by atoms with E-state index >= 15 is 0 Å². The van der Waals surface area contributed by atoms with Crippen LogP contribution in [-0.4, -0.2) is 28.6 Å². The van der Waals surface area contributed by atoms with Gasteiger partial charge in [-0.15, -0.1) is 11.3 Å². The van der Waals surface area contributed by atoms with Crippen LogP contribution >= 0.6 is 11.3 Å². The monoisotopic (exact) mass is 296 g/mol. The van der Waals surface area contributed by atoms with Gasteiger partial charge in [-0.25, -0.2) is 4.98 Å². The van der Waals surface area contributed by atoms with Crippen LogP contribution in [0.1, 0.15) is 62.9 Å². The van der Waals surface area contributed by atoms with E-state index < -0.39 is 5.97 Å². The Hall–Kier alpha value is -1.10. The molecule has 0 radical (unpaired) electrons. The summed E-state index contributed by atoms with van der Waals surface area (Å²) in [6.07, 6.45) is 5.18. The van der Waals surface area contributed by atoms with Gasteiger partial charge in [-0.2, -0.15) is 0 Å². The predicted molar refractivity (Wildman–Crippen MR) is 82.8 cm³/mol. The molecule has 1 aliphatic carbocycles. The van der Waals surface area contributed by atoms with E-state index in [9.17, 15) is 9.90 Å². The van der Waals surface area contributed by atoms with Gasteiger partial charge < -0.3 is 10.0 Å². The lowest BCUT2D eigenvalue weighted by Gasteiger charge is -2.26. The van der Waals surface area contributed by atoms with E-state index in [4.69, 9.17) is 0 Å². The molecule has 0 aliphatic heterocycles. The number of aliphatic carboxylic acids is 1. The fraction of sp³-hybridized carbons (Fsp3) is 0.733. The van der Waals surface area contributed by atoms with Crippen molar-refractivity contribution in [3.8, 4) is 0 Å². The topological polar surface area (TPSA) is 53.4 Å². The van der Waals surface area contributed by atoms with Crippen LogP contribution < -0.4 is 4.90 Å². The Balaban J connectivity index is 2.15. The molecule has 1 unspecified atom stereocenters. The van der Waals surface area contributed by atoms with E-state index in [-0.39, 0.29) is 5.92 Å². The number of carboxylic acid groups (broad SMARTS) is 1. The second-order valence-electron chi connectivity index (χ2n) is 5.73. The standard InChI is InChI=1S/C15H24N2O2S/c1-4-5-6-9-17(10(2)3)15-16-13-11(14(18)19)7-8-12(13)20-15/h10-11H,4-9H2,1-3H3,(H,18,19). The molecule has 0 bridgehead atoms. The number of carboxylic acids is 1. The molecule has 1 N–H and O–H groups in total. The van der Waals surface area contributed by atoms with E-state index in [1.807, 2.05) is 0 Å². The zero-order valence-corrected chi connectivity index (χ0v) is 13.4. The summed E-state index contributed by atoms with van der Waals surface area (Å²) >= 11 is 1.69. The van der Waals surface area contributed by atoms with E-state index in [0.717, 1.165) is 23.8 Å². The van der Waals surface area contributed by atoms with Gasteiger partial charge >= 0.3 is 5.97 Å². The van der Waals surface area contributed by atoms with Crippen molar-refractivity contribution in [3.05, 3.63) is 10.6 Å². The second-order valence-corrected chi connectivity index (χ2v) is 6.79. The molecule has 5 heteroatoms. The first-order valence-corrected chi connectivity index (χ1v) is 8.35. The van der Waals surface area contributed by atoms with Gasteiger partial charge in [0.1, 0.15) is 5.92 Å². The molecule has 1 atom stereocenters. The predicted octanol–water partition coefficient (Wildman–Crippen LogP) is 3.66.